The Balaban J connectivity index is 1.99. The zero-order valence-corrected chi connectivity index (χ0v) is 19.5. The zero-order chi connectivity index (χ0) is 21.9. The first-order valence-corrected chi connectivity index (χ1v) is 11.8. The van der Waals surface area contributed by atoms with Crippen LogP contribution in [0, 0.1) is 5.92 Å². The van der Waals surface area contributed by atoms with Crippen molar-refractivity contribution in [2.45, 2.75) is 45.5 Å². The molecule has 4 nitrogen and oxygen atoms in total. The smallest absolute Gasteiger partial charge is 0.242 e. The summed E-state index contributed by atoms with van der Waals surface area (Å²) >= 11 is 7.84. The first-order chi connectivity index (χ1) is 14.4. The molecule has 2 aromatic carbocycles. The van der Waals surface area contributed by atoms with Gasteiger partial charge in [-0.25, -0.2) is 0 Å². The Kier molecular flexibility index (Phi) is 10.2. The van der Waals surface area contributed by atoms with Gasteiger partial charge in [-0.05, 0) is 36.1 Å². The van der Waals surface area contributed by atoms with Crippen molar-refractivity contribution in [3.63, 3.8) is 0 Å². The van der Waals surface area contributed by atoms with E-state index in [9.17, 15) is 9.59 Å². The predicted molar refractivity (Wildman–Crippen MR) is 127 cm³/mol. The number of thioether (sulfide) groups is 1. The standard InChI is InChI=1S/C24H31ClN2O2S/c1-18(2)15-26-24(29)19(3)27(16-21-10-7-11-22(25)14-21)23(28)12-13-30-17-20-8-5-4-6-9-20/h4-11,14,18-19H,12-13,15-17H2,1-3H3,(H,26,29)/t19-/m0/s1. The van der Waals surface area contributed by atoms with Gasteiger partial charge in [0, 0.05) is 36.0 Å². The summed E-state index contributed by atoms with van der Waals surface area (Å²) in [6.45, 7) is 6.83. The average molecular weight is 447 g/mol. The number of halogens is 1. The molecule has 0 bridgehead atoms. The highest BCUT2D eigenvalue weighted by atomic mass is 35.5. The number of hydrogen-bond donors (Lipinski definition) is 1. The van der Waals surface area contributed by atoms with Crippen LogP contribution in [0.4, 0.5) is 0 Å². The second kappa shape index (κ2) is 12.7. The van der Waals surface area contributed by atoms with Crippen molar-refractivity contribution < 1.29 is 9.59 Å². The lowest BCUT2D eigenvalue weighted by Crippen LogP contribution is -2.48. The van der Waals surface area contributed by atoms with Gasteiger partial charge in [0.1, 0.15) is 6.04 Å². The Morgan fingerprint density at radius 3 is 2.40 bits per heavy atom. The maximum Gasteiger partial charge on any atom is 0.242 e. The maximum atomic E-state index is 13.0. The van der Waals surface area contributed by atoms with Gasteiger partial charge in [-0.3, -0.25) is 9.59 Å². The predicted octanol–water partition coefficient (Wildman–Crippen LogP) is 5.15. The van der Waals surface area contributed by atoms with Gasteiger partial charge >= 0.3 is 0 Å². The van der Waals surface area contributed by atoms with Crippen LogP contribution in [-0.4, -0.2) is 35.1 Å². The molecule has 0 aliphatic heterocycles. The Morgan fingerprint density at radius 2 is 1.73 bits per heavy atom. The fraction of sp³-hybridized carbons (Fsp3) is 0.417. The van der Waals surface area contributed by atoms with E-state index in [-0.39, 0.29) is 11.8 Å². The van der Waals surface area contributed by atoms with Crippen molar-refractivity contribution in [1.29, 1.82) is 0 Å². The first-order valence-electron chi connectivity index (χ1n) is 10.3. The summed E-state index contributed by atoms with van der Waals surface area (Å²) in [6, 6.07) is 17.1. The lowest BCUT2D eigenvalue weighted by atomic mass is 10.1. The first kappa shape index (κ1) is 24.3. The lowest BCUT2D eigenvalue weighted by Gasteiger charge is -2.29. The minimum atomic E-state index is -0.547. The second-order valence-electron chi connectivity index (χ2n) is 7.75. The zero-order valence-electron chi connectivity index (χ0n) is 17.9. The molecule has 0 saturated heterocycles. The molecule has 0 spiro atoms. The largest absolute Gasteiger partial charge is 0.354 e. The average Bonchev–Trinajstić information content (AvgIpc) is 2.73. The fourth-order valence-corrected chi connectivity index (χ4v) is 4.04. The van der Waals surface area contributed by atoms with Gasteiger partial charge in [-0.1, -0.05) is 67.9 Å². The highest BCUT2D eigenvalue weighted by Crippen LogP contribution is 2.18. The molecular weight excluding hydrogens is 416 g/mol. The molecule has 2 aromatic rings. The number of nitrogens with zero attached hydrogens (tertiary/aromatic N) is 1. The number of amides is 2. The molecule has 1 atom stereocenters. The number of rotatable bonds is 11. The van der Waals surface area contributed by atoms with Gasteiger partial charge in [0.15, 0.2) is 0 Å². The fourth-order valence-electron chi connectivity index (χ4n) is 2.93. The highest BCUT2D eigenvalue weighted by molar-refractivity contribution is 7.98. The summed E-state index contributed by atoms with van der Waals surface area (Å²) in [4.78, 5) is 27.3. The summed E-state index contributed by atoms with van der Waals surface area (Å²) in [6.07, 6.45) is 0.389. The maximum absolute atomic E-state index is 13.0. The second-order valence-corrected chi connectivity index (χ2v) is 9.30. The van der Waals surface area contributed by atoms with Gasteiger partial charge in [-0.15, -0.1) is 0 Å². The van der Waals surface area contributed by atoms with Crippen LogP contribution in [-0.2, 0) is 21.9 Å². The molecule has 0 saturated carbocycles. The Bertz CT molecular complexity index is 814. The topological polar surface area (TPSA) is 49.4 Å². The molecule has 2 rings (SSSR count). The molecule has 1 N–H and O–H groups in total. The van der Waals surface area contributed by atoms with Gasteiger partial charge in [0.25, 0.3) is 0 Å². The van der Waals surface area contributed by atoms with Crippen molar-refractivity contribution in [3.05, 3.63) is 70.7 Å². The van der Waals surface area contributed by atoms with Crippen molar-refractivity contribution in [3.8, 4) is 0 Å². The van der Waals surface area contributed by atoms with Crippen LogP contribution in [0.3, 0.4) is 0 Å². The molecule has 0 unspecified atom stereocenters. The van der Waals surface area contributed by atoms with Crippen LogP contribution in [0.25, 0.3) is 0 Å². The van der Waals surface area contributed by atoms with E-state index < -0.39 is 6.04 Å². The van der Waals surface area contributed by atoms with Gasteiger partial charge in [0.2, 0.25) is 11.8 Å². The minimum Gasteiger partial charge on any atom is -0.354 e. The van der Waals surface area contributed by atoms with E-state index in [4.69, 9.17) is 11.6 Å². The SMILES string of the molecule is CC(C)CNC(=O)[C@H](C)N(Cc1cccc(Cl)c1)C(=O)CCSCc1ccccc1. The summed E-state index contributed by atoms with van der Waals surface area (Å²) in [5.41, 5.74) is 2.16. The summed E-state index contributed by atoms with van der Waals surface area (Å²) in [5.74, 6) is 1.78. The third kappa shape index (κ3) is 8.41. The van der Waals surface area contributed by atoms with Crippen LogP contribution >= 0.6 is 23.4 Å². The van der Waals surface area contributed by atoms with Crippen molar-refractivity contribution >= 4 is 35.2 Å². The molecule has 0 heterocycles. The lowest BCUT2D eigenvalue weighted by molar-refractivity contribution is -0.140. The van der Waals surface area contributed by atoms with Crippen LogP contribution in [0.1, 0.15) is 38.3 Å². The van der Waals surface area contributed by atoms with E-state index in [1.54, 1.807) is 29.7 Å². The third-order valence-electron chi connectivity index (χ3n) is 4.67. The molecule has 0 aromatic heterocycles. The van der Waals surface area contributed by atoms with E-state index in [1.165, 1.54) is 5.56 Å². The summed E-state index contributed by atoms with van der Waals surface area (Å²) < 4.78 is 0. The Labute approximate surface area is 189 Å². The highest BCUT2D eigenvalue weighted by Gasteiger charge is 2.25. The van der Waals surface area contributed by atoms with E-state index >= 15 is 0 Å². The quantitative estimate of drug-likeness (QED) is 0.485. The van der Waals surface area contributed by atoms with Gasteiger partial charge in [-0.2, -0.15) is 11.8 Å². The number of hydrogen-bond acceptors (Lipinski definition) is 3. The summed E-state index contributed by atoms with van der Waals surface area (Å²) in [7, 11) is 0. The molecule has 162 valence electrons. The van der Waals surface area contributed by atoms with E-state index in [2.05, 4.69) is 17.4 Å². The molecule has 6 heteroatoms. The normalized spacial score (nSPS) is 11.9. The van der Waals surface area contributed by atoms with Crippen molar-refractivity contribution in [2.75, 3.05) is 12.3 Å². The molecule has 0 aliphatic rings. The van der Waals surface area contributed by atoms with Crippen molar-refractivity contribution in [2.24, 2.45) is 5.92 Å². The van der Waals surface area contributed by atoms with Crippen LogP contribution in [0.2, 0.25) is 5.02 Å². The van der Waals surface area contributed by atoms with Crippen LogP contribution in [0.5, 0.6) is 0 Å². The summed E-state index contributed by atoms with van der Waals surface area (Å²) in [5, 5.41) is 3.56. The van der Waals surface area contributed by atoms with Gasteiger partial charge in [0.05, 0.1) is 0 Å². The molecule has 0 fully saturated rings. The Morgan fingerprint density at radius 1 is 1.03 bits per heavy atom. The minimum absolute atomic E-state index is 0.0252. The monoisotopic (exact) mass is 446 g/mol. The molecule has 30 heavy (non-hydrogen) atoms. The van der Waals surface area contributed by atoms with Gasteiger partial charge < -0.3 is 10.2 Å². The van der Waals surface area contributed by atoms with E-state index in [1.807, 2.05) is 50.2 Å². The molecule has 0 radical (unpaired) electrons. The van der Waals surface area contributed by atoms with Crippen LogP contribution < -0.4 is 5.32 Å². The van der Waals surface area contributed by atoms with Crippen LogP contribution in [0.15, 0.2) is 54.6 Å². The number of carbonyl (C=O) groups excluding carboxylic acids is 2. The van der Waals surface area contributed by atoms with E-state index in [0.29, 0.717) is 36.2 Å². The number of carbonyl (C=O) groups is 2. The molecule has 0 aliphatic carbocycles. The third-order valence-corrected chi connectivity index (χ3v) is 5.93. The van der Waals surface area contributed by atoms with E-state index in [0.717, 1.165) is 11.3 Å². The number of benzene rings is 2. The molecule has 2 amide bonds. The Hall–Kier alpha value is -1.98. The number of nitrogens with one attached hydrogen (secondary N) is 1. The molecular formula is C24H31ClN2O2S. The van der Waals surface area contributed by atoms with Crippen molar-refractivity contribution in [1.82, 2.24) is 10.2 Å².